The Labute approximate surface area is 84.1 Å². The van der Waals surface area contributed by atoms with E-state index in [0.717, 1.165) is 16.9 Å². The van der Waals surface area contributed by atoms with Crippen LogP contribution in [0.2, 0.25) is 0 Å². The summed E-state index contributed by atoms with van der Waals surface area (Å²) in [5.41, 5.74) is 1.92. The molecule has 0 unspecified atom stereocenters. The first-order chi connectivity index (χ1) is 6.74. The van der Waals surface area contributed by atoms with Gasteiger partial charge in [-0.2, -0.15) is 0 Å². The van der Waals surface area contributed by atoms with E-state index in [1.165, 1.54) is 0 Å². The zero-order valence-electron chi connectivity index (χ0n) is 8.32. The lowest BCUT2D eigenvalue weighted by Gasteiger charge is -2.10. The zero-order valence-corrected chi connectivity index (χ0v) is 8.32. The molecule has 0 aliphatic heterocycles. The summed E-state index contributed by atoms with van der Waals surface area (Å²) < 4.78 is 5.52. The van der Waals surface area contributed by atoms with Crippen molar-refractivity contribution in [3.05, 3.63) is 42.0 Å². The van der Waals surface area contributed by atoms with Gasteiger partial charge in [0.2, 0.25) is 0 Å². The van der Waals surface area contributed by atoms with Gasteiger partial charge in [-0.1, -0.05) is 24.8 Å². The smallest absolute Gasteiger partial charge is 0.125 e. The highest BCUT2D eigenvalue weighted by atomic mass is 16.6. The summed E-state index contributed by atoms with van der Waals surface area (Å²) in [6.45, 7) is 6.55. The minimum Gasteiger partial charge on any atom is -0.489 e. The Bertz CT molecular complexity index is 310. The third-order valence-electron chi connectivity index (χ3n) is 1.69. The van der Waals surface area contributed by atoms with Crippen molar-refractivity contribution in [2.45, 2.75) is 13.5 Å². The maximum atomic E-state index is 5.52. The van der Waals surface area contributed by atoms with E-state index in [1.54, 1.807) is 0 Å². The Balaban J connectivity index is 2.68. The molecule has 3 nitrogen and oxygen atoms in total. The van der Waals surface area contributed by atoms with Crippen LogP contribution in [0.1, 0.15) is 12.5 Å². The third kappa shape index (κ3) is 3.20. The molecule has 0 atom stereocenters. The van der Waals surface area contributed by atoms with Crippen molar-refractivity contribution < 1.29 is 9.57 Å². The highest BCUT2D eigenvalue weighted by Crippen LogP contribution is 2.18. The van der Waals surface area contributed by atoms with Gasteiger partial charge in [-0.05, 0) is 18.6 Å². The van der Waals surface area contributed by atoms with E-state index in [0.29, 0.717) is 13.2 Å². The monoisotopic (exact) mass is 193 g/mol. The van der Waals surface area contributed by atoms with Crippen LogP contribution in [0.4, 0.5) is 0 Å². The average Bonchev–Trinajstić information content (AvgIpc) is 2.17. The zero-order chi connectivity index (χ0) is 10.4. The lowest BCUT2D eigenvalue weighted by molar-refractivity contribution is 0.121. The fourth-order valence-electron chi connectivity index (χ4n) is 1.05. The number of rotatable bonds is 5. The van der Waals surface area contributed by atoms with Crippen molar-refractivity contribution in [3.8, 4) is 5.75 Å². The maximum absolute atomic E-state index is 5.52. The number of para-hydroxylation sites is 1. The molecule has 1 aromatic carbocycles. The molecule has 0 bridgehead atoms. The van der Waals surface area contributed by atoms with Crippen molar-refractivity contribution in [1.82, 2.24) is 0 Å². The van der Waals surface area contributed by atoms with Crippen LogP contribution < -0.4 is 10.6 Å². The number of hydrogen-bond acceptors (Lipinski definition) is 3. The molecule has 0 aliphatic rings. The normalized spacial score (nSPS) is 9.86. The highest BCUT2D eigenvalue weighted by molar-refractivity contribution is 5.32. The van der Waals surface area contributed by atoms with Gasteiger partial charge in [-0.25, -0.2) is 5.90 Å². The second kappa shape index (κ2) is 5.42. The van der Waals surface area contributed by atoms with Crippen LogP contribution in [0.15, 0.2) is 36.4 Å². The fourth-order valence-corrected chi connectivity index (χ4v) is 1.05. The summed E-state index contributed by atoms with van der Waals surface area (Å²) in [6, 6.07) is 7.63. The molecule has 0 radical (unpaired) electrons. The van der Waals surface area contributed by atoms with Gasteiger partial charge >= 0.3 is 0 Å². The number of hydrogen-bond donors (Lipinski definition) is 1. The van der Waals surface area contributed by atoms with Crippen molar-refractivity contribution in [2.75, 3.05) is 6.61 Å². The molecule has 0 fully saturated rings. The summed E-state index contributed by atoms with van der Waals surface area (Å²) in [5.74, 6) is 5.80. The van der Waals surface area contributed by atoms with Crippen molar-refractivity contribution in [2.24, 2.45) is 5.90 Å². The molecule has 0 heterocycles. The Kier molecular flexibility index (Phi) is 4.16. The highest BCUT2D eigenvalue weighted by Gasteiger charge is 2.01. The van der Waals surface area contributed by atoms with Crippen molar-refractivity contribution in [3.63, 3.8) is 0 Å². The van der Waals surface area contributed by atoms with E-state index in [2.05, 4.69) is 11.4 Å². The van der Waals surface area contributed by atoms with Gasteiger partial charge < -0.3 is 4.74 Å². The van der Waals surface area contributed by atoms with Gasteiger partial charge in [0.25, 0.3) is 0 Å². The first kappa shape index (κ1) is 10.8. The van der Waals surface area contributed by atoms with Crippen molar-refractivity contribution in [1.29, 1.82) is 0 Å². The van der Waals surface area contributed by atoms with Gasteiger partial charge in [0.05, 0.1) is 6.61 Å². The first-order valence-electron chi connectivity index (χ1n) is 4.41. The SMILES string of the molecule is C=C(C)COc1ccccc1CON. The summed E-state index contributed by atoms with van der Waals surface area (Å²) >= 11 is 0. The summed E-state index contributed by atoms with van der Waals surface area (Å²) in [7, 11) is 0. The second-order valence-corrected chi connectivity index (χ2v) is 3.16. The molecule has 14 heavy (non-hydrogen) atoms. The Morgan fingerprint density at radius 2 is 2.14 bits per heavy atom. The van der Waals surface area contributed by atoms with E-state index in [4.69, 9.17) is 10.6 Å². The topological polar surface area (TPSA) is 44.5 Å². The molecule has 0 aromatic heterocycles. The summed E-state index contributed by atoms with van der Waals surface area (Å²) in [5, 5.41) is 0. The van der Waals surface area contributed by atoms with Gasteiger partial charge in [0, 0.05) is 5.56 Å². The third-order valence-corrected chi connectivity index (χ3v) is 1.69. The van der Waals surface area contributed by atoms with Crippen LogP contribution in [0.5, 0.6) is 5.75 Å². The Morgan fingerprint density at radius 1 is 1.43 bits per heavy atom. The Hall–Kier alpha value is -1.32. The van der Waals surface area contributed by atoms with Crippen LogP contribution in [-0.4, -0.2) is 6.61 Å². The van der Waals surface area contributed by atoms with Gasteiger partial charge in [-0.3, -0.25) is 4.84 Å². The lowest BCUT2D eigenvalue weighted by atomic mass is 10.2. The second-order valence-electron chi connectivity index (χ2n) is 3.16. The summed E-state index contributed by atoms with van der Waals surface area (Å²) in [6.07, 6.45) is 0. The van der Waals surface area contributed by atoms with Crippen LogP contribution in [0, 0.1) is 0 Å². The minimum absolute atomic E-state index is 0.354. The van der Waals surface area contributed by atoms with Crippen LogP contribution in [-0.2, 0) is 11.4 Å². The molecule has 2 N–H and O–H groups in total. The molecule has 1 aromatic rings. The molecule has 0 saturated heterocycles. The first-order valence-corrected chi connectivity index (χ1v) is 4.41. The predicted octanol–water partition coefficient (Wildman–Crippen LogP) is 2.03. The largest absolute Gasteiger partial charge is 0.489 e. The predicted molar refractivity (Wildman–Crippen MR) is 55.7 cm³/mol. The molecule has 0 aliphatic carbocycles. The molecule has 1 rings (SSSR count). The molecule has 3 heteroatoms. The average molecular weight is 193 g/mol. The Morgan fingerprint density at radius 3 is 2.79 bits per heavy atom. The summed E-state index contributed by atoms with van der Waals surface area (Å²) in [4.78, 5) is 4.57. The number of nitrogens with two attached hydrogens (primary N) is 1. The standard InChI is InChI=1S/C11H15NO2/c1-9(2)7-13-11-6-4-3-5-10(11)8-14-12/h3-6H,1,7-8,12H2,2H3. The molecular weight excluding hydrogens is 178 g/mol. The van der Waals surface area contributed by atoms with Crippen molar-refractivity contribution >= 4 is 0 Å². The van der Waals surface area contributed by atoms with E-state index >= 15 is 0 Å². The maximum Gasteiger partial charge on any atom is 0.125 e. The van der Waals surface area contributed by atoms with E-state index < -0.39 is 0 Å². The molecule has 0 amide bonds. The van der Waals surface area contributed by atoms with Crippen LogP contribution >= 0.6 is 0 Å². The molecule has 0 saturated carbocycles. The molecule has 76 valence electrons. The van der Waals surface area contributed by atoms with Gasteiger partial charge in [-0.15, -0.1) is 0 Å². The van der Waals surface area contributed by atoms with E-state index in [9.17, 15) is 0 Å². The van der Waals surface area contributed by atoms with Gasteiger partial charge in [0.1, 0.15) is 12.4 Å². The van der Waals surface area contributed by atoms with Crippen LogP contribution in [0.25, 0.3) is 0 Å². The number of ether oxygens (including phenoxy) is 1. The fraction of sp³-hybridized carbons (Fsp3) is 0.273. The van der Waals surface area contributed by atoms with Crippen LogP contribution in [0.3, 0.4) is 0 Å². The van der Waals surface area contributed by atoms with E-state index in [1.807, 2.05) is 31.2 Å². The molecule has 0 spiro atoms. The van der Waals surface area contributed by atoms with Gasteiger partial charge in [0.15, 0.2) is 0 Å². The number of benzene rings is 1. The minimum atomic E-state index is 0.354. The quantitative estimate of drug-likeness (QED) is 0.575. The molecular formula is C11H15NO2. The lowest BCUT2D eigenvalue weighted by Crippen LogP contribution is -2.04. The van der Waals surface area contributed by atoms with E-state index in [-0.39, 0.29) is 0 Å².